The Labute approximate surface area is 209 Å². The number of halogens is 2. The van der Waals surface area contributed by atoms with Gasteiger partial charge >= 0.3 is 19.4 Å². The first kappa shape index (κ1) is 28.0. The summed E-state index contributed by atoms with van der Waals surface area (Å²) in [5, 5.41) is 9.86. The van der Waals surface area contributed by atoms with E-state index in [9.17, 15) is 24.1 Å². The summed E-state index contributed by atoms with van der Waals surface area (Å²) in [5.41, 5.74) is -1.76. The first-order valence-electron chi connectivity index (χ1n) is 10.8. The monoisotopic (exact) mass is 549 g/mol. The Balaban J connectivity index is 1.80. The van der Waals surface area contributed by atoms with Crippen molar-refractivity contribution >= 4 is 25.3 Å². The van der Waals surface area contributed by atoms with Gasteiger partial charge in [0.1, 0.15) is 24.0 Å². The maximum Gasteiger partial charge on any atom is 0.459 e. The fourth-order valence-corrected chi connectivity index (χ4v) is 5.02. The van der Waals surface area contributed by atoms with Crippen molar-refractivity contribution in [1.82, 2.24) is 14.6 Å². The van der Waals surface area contributed by atoms with Crippen LogP contribution >= 0.6 is 19.3 Å². The van der Waals surface area contributed by atoms with Crippen LogP contribution in [0.2, 0.25) is 0 Å². The first-order valence-corrected chi connectivity index (χ1v) is 12.7. The third-order valence-electron chi connectivity index (χ3n) is 4.92. The Kier molecular flexibility index (Phi) is 8.75. The van der Waals surface area contributed by atoms with Crippen LogP contribution in [0.25, 0.3) is 0 Å². The lowest BCUT2D eigenvalue weighted by Crippen LogP contribution is -2.42. The summed E-state index contributed by atoms with van der Waals surface area (Å²) in [4.78, 5) is 37.6. The van der Waals surface area contributed by atoms with Gasteiger partial charge in [0.05, 0.1) is 12.7 Å². The van der Waals surface area contributed by atoms with Gasteiger partial charge in [0.25, 0.3) is 10.7 Å². The second kappa shape index (κ2) is 11.2. The summed E-state index contributed by atoms with van der Waals surface area (Å²) in [6.45, 7) is 3.93. The van der Waals surface area contributed by atoms with Gasteiger partial charge < -0.3 is 19.1 Å². The van der Waals surface area contributed by atoms with E-state index in [0.717, 1.165) is 12.3 Å². The molecular formula is C21H26ClFN3O9P. The quantitative estimate of drug-likeness (QED) is 0.227. The SMILES string of the molecule is CC(C)OC(=O)C(C)NP(=O)(OC[C@H]1O[C@@H](n2ccc(=O)[nH]c2=O)[C@@](F)(Cl)[C@@H]1O)Oc1ccccc1. The van der Waals surface area contributed by atoms with Crippen molar-refractivity contribution in [3.63, 3.8) is 0 Å². The average molecular weight is 550 g/mol. The number of benzene rings is 1. The molecule has 6 atom stereocenters. The number of alkyl halides is 2. The molecule has 3 rings (SSSR count). The summed E-state index contributed by atoms with van der Waals surface area (Å²) in [7, 11) is -4.35. The van der Waals surface area contributed by atoms with E-state index >= 15 is 4.39 Å². The van der Waals surface area contributed by atoms with Crippen molar-refractivity contribution in [3.05, 3.63) is 63.4 Å². The van der Waals surface area contributed by atoms with E-state index < -0.39 is 67.3 Å². The standard InChI is InChI=1S/C21H26ClFN3O9P/c1-12(2)33-18(29)13(3)25-36(31,35-14-7-5-4-6-8-14)32-11-15-17(28)21(22,23)19(34-15)26-10-9-16(27)24-20(26)30/h4-10,12-13,15,17,19,28H,11H2,1-3H3,(H,25,31)(H,24,27,30)/t13?,15-,17-,19-,21-,36?/m1/s1. The van der Waals surface area contributed by atoms with Crippen LogP contribution in [0.1, 0.15) is 27.0 Å². The maximum atomic E-state index is 15.2. The second-order valence-electron chi connectivity index (χ2n) is 8.20. The van der Waals surface area contributed by atoms with E-state index in [-0.39, 0.29) is 5.75 Å². The Morgan fingerprint density at radius 2 is 1.97 bits per heavy atom. The predicted molar refractivity (Wildman–Crippen MR) is 125 cm³/mol. The number of aromatic nitrogens is 2. The van der Waals surface area contributed by atoms with Crippen LogP contribution in [0.4, 0.5) is 4.39 Å². The normalized spacial score (nSPS) is 26.4. The molecule has 1 fully saturated rings. The molecule has 12 nitrogen and oxygen atoms in total. The molecule has 0 aliphatic carbocycles. The van der Waals surface area contributed by atoms with Crippen molar-refractivity contribution in [2.24, 2.45) is 0 Å². The minimum atomic E-state index is -4.35. The molecule has 15 heteroatoms. The minimum absolute atomic E-state index is 0.125. The lowest BCUT2D eigenvalue weighted by molar-refractivity contribution is -0.149. The number of aliphatic hydroxyl groups excluding tert-OH is 1. The molecule has 0 bridgehead atoms. The number of hydrogen-bond acceptors (Lipinski definition) is 9. The molecule has 0 amide bonds. The lowest BCUT2D eigenvalue weighted by Gasteiger charge is -2.25. The maximum absolute atomic E-state index is 15.2. The zero-order chi connectivity index (χ0) is 26.7. The first-order chi connectivity index (χ1) is 16.8. The van der Waals surface area contributed by atoms with E-state index in [1.165, 1.54) is 19.1 Å². The summed E-state index contributed by atoms with van der Waals surface area (Å²) < 4.78 is 50.8. The zero-order valence-electron chi connectivity index (χ0n) is 19.5. The molecular weight excluding hydrogens is 524 g/mol. The Morgan fingerprint density at radius 3 is 2.58 bits per heavy atom. The van der Waals surface area contributed by atoms with Gasteiger partial charge in [-0.15, -0.1) is 0 Å². The van der Waals surface area contributed by atoms with Crippen LogP contribution in [0.5, 0.6) is 5.75 Å². The van der Waals surface area contributed by atoms with Gasteiger partial charge in [-0.05, 0) is 32.9 Å². The third kappa shape index (κ3) is 6.61. The molecule has 0 radical (unpaired) electrons. The highest BCUT2D eigenvalue weighted by molar-refractivity contribution is 7.52. The number of para-hydroxylation sites is 1. The topological polar surface area (TPSA) is 158 Å². The van der Waals surface area contributed by atoms with Gasteiger partial charge in [-0.2, -0.15) is 5.09 Å². The summed E-state index contributed by atoms with van der Waals surface area (Å²) >= 11 is 5.85. The number of ether oxygens (including phenoxy) is 2. The van der Waals surface area contributed by atoms with E-state index in [1.807, 2.05) is 4.98 Å². The van der Waals surface area contributed by atoms with Crippen LogP contribution in [-0.4, -0.2) is 56.7 Å². The molecule has 0 saturated carbocycles. The van der Waals surface area contributed by atoms with Gasteiger partial charge in [-0.25, -0.2) is 13.8 Å². The van der Waals surface area contributed by atoms with Gasteiger partial charge in [-0.1, -0.05) is 29.8 Å². The van der Waals surface area contributed by atoms with Crippen molar-refractivity contribution in [3.8, 4) is 5.75 Å². The molecule has 0 spiro atoms. The van der Waals surface area contributed by atoms with Crippen LogP contribution in [-0.2, 0) is 23.4 Å². The second-order valence-corrected chi connectivity index (χ2v) is 10.5. The molecule has 1 saturated heterocycles. The summed E-state index contributed by atoms with van der Waals surface area (Å²) in [6.07, 6.45) is -4.91. The molecule has 2 heterocycles. The van der Waals surface area contributed by atoms with Crippen LogP contribution in [0, 0.1) is 0 Å². The van der Waals surface area contributed by atoms with Crippen molar-refractivity contribution < 1.29 is 37.4 Å². The number of H-pyrrole nitrogens is 1. The fourth-order valence-electron chi connectivity index (χ4n) is 3.22. The van der Waals surface area contributed by atoms with E-state index in [0.29, 0.717) is 4.57 Å². The highest BCUT2D eigenvalue weighted by Gasteiger charge is 2.58. The van der Waals surface area contributed by atoms with E-state index in [2.05, 4.69) is 5.09 Å². The Hall–Kier alpha value is -2.54. The van der Waals surface area contributed by atoms with Gasteiger partial charge in [0, 0.05) is 12.3 Å². The van der Waals surface area contributed by atoms with Gasteiger partial charge in [-0.3, -0.25) is 23.7 Å². The molecule has 1 aromatic carbocycles. The number of aliphatic hydroxyl groups is 1. The van der Waals surface area contributed by atoms with Crippen molar-refractivity contribution in [2.45, 2.75) is 56.5 Å². The molecule has 2 unspecified atom stereocenters. The van der Waals surface area contributed by atoms with Crippen LogP contribution in [0.3, 0.4) is 0 Å². The van der Waals surface area contributed by atoms with Gasteiger partial charge in [0.15, 0.2) is 6.23 Å². The van der Waals surface area contributed by atoms with Crippen molar-refractivity contribution in [2.75, 3.05) is 6.61 Å². The Bertz CT molecular complexity index is 1220. The number of aromatic amines is 1. The molecule has 1 aliphatic heterocycles. The molecule has 36 heavy (non-hydrogen) atoms. The van der Waals surface area contributed by atoms with E-state index in [1.54, 1.807) is 32.0 Å². The predicted octanol–water partition coefficient (Wildman–Crippen LogP) is 1.83. The summed E-state index contributed by atoms with van der Waals surface area (Å²) in [6, 6.07) is 7.68. The van der Waals surface area contributed by atoms with Crippen LogP contribution < -0.4 is 20.9 Å². The highest BCUT2D eigenvalue weighted by Crippen LogP contribution is 2.48. The number of nitrogens with zero attached hydrogens (tertiary/aromatic N) is 1. The Morgan fingerprint density at radius 1 is 1.31 bits per heavy atom. The van der Waals surface area contributed by atoms with E-state index in [4.69, 9.17) is 30.1 Å². The summed E-state index contributed by atoms with van der Waals surface area (Å²) in [5.74, 6) is -0.607. The molecule has 198 valence electrons. The number of nitrogens with one attached hydrogen (secondary N) is 2. The minimum Gasteiger partial charge on any atom is -0.462 e. The average Bonchev–Trinajstić information content (AvgIpc) is 3.01. The van der Waals surface area contributed by atoms with Crippen molar-refractivity contribution in [1.29, 1.82) is 0 Å². The molecule has 1 aromatic heterocycles. The largest absolute Gasteiger partial charge is 0.462 e. The molecule has 2 aromatic rings. The number of hydrogen-bond donors (Lipinski definition) is 3. The smallest absolute Gasteiger partial charge is 0.459 e. The number of carbonyl (C=O) groups is 1. The fraction of sp³-hybridized carbons (Fsp3) is 0.476. The number of esters is 1. The molecule has 3 N–H and O–H groups in total. The zero-order valence-corrected chi connectivity index (χ0v) is 21.1. The lowest BCUT2D eigenvalue weighted by atomic mass is 10.1. The molecule has 1 aliphatic rings. The highest BCUT2D eigenvalue weighted by atomic mass is 35.5. The van der Waals surface area contributed by atoms with Crippen LogP contribution in [0.15, 0.2) is 52.2 Å². The van der Waals surface area contributed by atoms with Gasteiger partial charge in [0.2, 0.25) is 0 Å². The number of carbonyl (C=O) groups excluding carboxylic acids is 1. The number of rotatable bonds is 10. The third-order valence-corrected chi connectivity index (χ3v) is 6.97.